The van der Waals surface area contributed by atoms with Gasteiger partial charge in [0, 0.05) is 11.2 Å². The number of halogens is 1. The minimum Gasteiger partial charge on any atom is -0.241 e. The van der Waals surface area contributed by atoms with Crippen LogP contribution in [-0.2, 0) is 6.42 Å². The molecule has 1 saturated carbocycles. The molecule has 2 aromatic rings. The van der Waals surface area contributed by atoms with Gasteiger partial charge in [-0.25, -0.2) is 4.98 Å². The number of alkyl halides is 1. The van der Waals surface area contributed by atoms with Crippen LogP contribution in [0.3, 0.4) is 0 Å². The topological polar surface area (TPSA) is 12.9 Å². The van der Waals surface area contributed by atoms with Gasteiger partial charge in [0.25, 0.3) is 0 Å². The smallest absolute Gasteiger partial charge is 0.0941 e. The van der Waals surface area contributed by atoms with E-state index in [1.807, 2.05) is 11.3 Å². The molecule has 0 spiro atoms. The van der Waals surface area contributed by atoms with Crippen molar-refractivity contribution in [3.8, 4) is 0 Å². The van der Waals surface area contributed by atoms with Crippen LogP contribution in [0.25, 0.3) is 10.2 Å². The molecule has 3 rings (SSSR count). The maximum absolute atomic E-state index is 4.81. The largest absolute Gasteiger partial charge is 0.241 e. The fourth-order valence-electron chi connectivity index (χ4n) is 3.31. The monoisotopic (exact) mass is 351 g/mol. The highest BCUT2D eigenvalue weighted by molar-refractivity contribution is 9.09. The maximum Gasteiger partial charge on any atom is 0.0941 e. The number of rotatable bonds is 3. The SMILES string of the molecule is CC(C)C1CCC(Br)C(Cc2nc3ccccc3s2)C1. The number of hydrogen-bond donors (Lipinski definition) is 0. The summed E-state index contributed by atoms with van der Waals surface area (Å²) in [6, 6.07) is 8.49. The second kappa shape index (κ2) is 6.15. The Bertz CT molecular complexity index is 544. The molecular weight excluding hydrogens is 330 g/mol. The Hall–Kier alpha value is -0.410. The molecule has 1 aromatic heterocycles. The van der Waals surface area contributed by atoms with E-state index in [4.69, 9.17) is 4.98 Å². The van der Waals surface area contributed by atoms with Crippen LogP contribution >= 0.6 is 27.3 Å². The highest BCUT2D eigenvalue weighted by atomic mass is 79.9. The van der Waals surface area contributed by atoms with Crippen LogP contribution in [0.4, 0.5) is 0 Å². The van der Waals surface area contributed by atoms with Gasteiger partial charge in [-0.15, -0.1) is 11.3 Å². The summed E-state index contributed by atoms with van der Waals surface area (Å²) < 4.78 is 1.32. The molecule has 1 heterocycles. The van der Waals surface area contributed by atoms with E-state index < -0.39 is 0 Å². The van der Waals surface area contributed by atoms with Crippen LogP contribution in [0.5, 0.6) is 0 Å². The number of nitrogens with zero attached hydrogens (tertiary/aromatic N) is 1. The highest BCUT2D eigenvalue weighted by Gasteiger charge is 2.30. The molecule has 3 heteroatoms. The van der Waals surface area contributed by atoms with Crippen molar-refractivity contribution in [2.45, 2.75) is 44.4 Å². The van der Waals surface area contributed by atoms with Gasteiger partial charge in [0.2, 0.25) is 0 Å². The second-order valence-corrected chi connectivity index (χ2v) is 8.66. The standard InChI is InChI=1S/C17H22BrNS/c1-11(2)12-7-8-14(18)13(9-12)10-17-19-15-5-3-4-6-16(15)20-17/h3-6,11-14H,7-10H2,1-2H3. The van der Waals surface area contributed by atoms with Crippen molar-refractivity contribution < 1.29 is 0 Å². The average molecular weight is 352 g/mol. The van der Waals surface area contributed by atoms with Gasteiger partial charge in [0.05, 0.1) is 15.2 Å². The van der Waals surface area contributed by atoms with E-state index in [1.165, 1.54) is 29.0 Å². The fourth-order valence-corrected chi connectivity index (χ4v) is 5.04. The predicted octanol–water partition coefficient (Wildman–Crippen LogP) is 5.67. The first kappa shape index (κ1) is 14.5. The first-order chi connectivity index (χ1) is 9.63. The predicted molar refractivity (Wildman–Crippen MR) is 91.7 cm³/mol. The average Bonchev–Trinajstić information content (AvgIpc) is 2.83. The van der Waals surface area contributed by atoms with Crippen LogP contribution < -0.4 is 0 Å². The molecule has 0 saturated heterocycles. The Balaban J connectivity index is 1.75. The van der Waals surface area contributed by atoms with Crippen molar-refractivity contribution >= 4 is 37.5 Å². The molecule has 3 atom stereocenters. The Morgan fingerprint density at radius 1 is 1.30 bits per heavy atom. The first-order valence-corrected chi connectivity index (χ1v) is 9.35. The normalized spacial score (nSPS) is 27.3. The third kappa shape index (κ3) is 3.09. The lowest BCUT2D eigenvalue weighted by Gasteiger charge is -2.35. The molecule has 1 aliphatic rings. The lowest BCUT2D eigenvalue weighted by molar-refractivity contribution is 0.222. The van der Waals surface area contributed by atoms with E-state index in [9.17, 15) is 0 Å². The molecule has 0 aliphatic heterocycles. The highest BCUT2D eigenvalue weighted by Crippen LogP contribution is 2.39. The zero-order valence-electron chi connectivity index (χ0n) is 12.2. The molecule has 0 amide bonds. The zero-order chi connectivity index (χ0) is 14.1. The molecule has 3 unspecified atom stereocenters. The van der Waals surface area contributed by atoms with E-state index >= 15 is 0 Å². The number of fused-ring (bicyclic) bond motifs is 1. The van der Waals surface area contributed by atoms with Crippen molar-refractivity contribution in [2.24, 2.45) is 17.8 Å². The number of aromatic nitrogens is 1. The summed E-state index contributed by atoms with van der Waals surface area (Å²) in [6.07, 6.45) is 5.18. The number of thiazole rings is 1. The molecule has 108 valence electrons. The zero-order valence-corrected chi connectivity index (χ0v) is 14.6. The Morgan fingerprint density at radius 3 is 2.85 bits per heavy atom. The van der Waals surface area contributed by atoms with Crippen molar-refractivity contribution in [1.29, 1.82) is 0 Å². The van der Waals surface area contributed by atoms with Crippen molar-refractivity contribution in [3.63, 3.8) is 0 Å². The van der Waals surface area contributed by atoms with Gasteiger partial charge >= 0.3 is 0 Å². The number of para-hydroxylation sites is 1. The van der Waals surface area contributed by atoms with Crippen LogP contribution in [0, 0.1) is 17.8 Å². The quantitative estimate of drug-likeness (QED) is 0.648. The maximum atomic E-state index is 4.81. The molecule has 20 heavy (non-hydrogen) atoms. The van der Waals surface area contributed by atoms with Crippen molar-refractivity contribution in [1.82, 2.24) is 4.98 Å². The van der Waals surface area contributed by atoms with E-state index in [0.717, 1.165) is 29.7 Å². The summed E-state index contributed by atoms with van der Waals surface area (Å²) in [5, 5.41) is 1.31. The van der Waals surface area contributed by atoms with Gasteiger partial charge in [0.1, 0.15) is 0 Å². The second-order valence-electron chi connectivity index (χ2n) is 6.37. The lowest BCUT2D eigenvalue weighted by Crippen LogP contribution is -2.29. The third-order valence-electron chi connectivity index (χ3n) is 4.65. The summed E-state index contributed by atoms with van der Waals surface area (Å²) in [4.78, 5) is 5.48. The van der Waals surface area contributed by atoms with Crippen molar-refractivity contribution in [3.05, 3.63) is 29.3 Å². The van der Waals surface area contributed by atoms with Gasteiger partial charge in [0.15, 0.2) is 0 Å². The van der Waals surface area contributed by atoms with Gasteiger partial charge in [-0.2, -0.15) is 0 Å². The fraction of sp³-hybridized carbons (Fsp3) is 0.588. The third-order valence-corrected chi connectivity index (χ3v) is 6.91. The molecule has 0 bridgehead atoms. The van der Waals surface area contributed by atoms with Gasteiger partial charge in [-0.05, 0) is 49.1 Å². The van der Waals surface area contributed by atoms with Crippen molar-refractivity contribution in [2.75, 3.05) is 0 Å². The van der Waals surface area contributed by atoms with Crippen LogP contribution in [0.1, 0.15) is 38.1 Å². The summed E-state index contributed by atoms with van der Waals surface area (Å²) in [5.74, 6) is 2.45. The summed E-state index contributed by atoms with van der Waals surface area (Å²) in [5.41, 5.74) is 1.16. The minimum absolute atomic E-state index is 0.671. The number of benzene rings is 1. The van der Waals surface area contributed by atoms with Gasteiger partial charge in [-0.3, -0.25) is 0 Å². The van der Waals surface area contributed by atoms with Crippen LogP contribution in [0.2, 0.25) is 0 Å². The summed E-state index contributed by atoms with van der Waals surface area (Å²) >= 11 is 5.78. The van der Waals surface area contributed by atoms with Crippen LogP contribution in [-0.4, -0.2) is 9.81 Å². The minimum atomic E-state index is 0.671. The van der Waals surface area contributed by atoms with Gasteiger partial charge in [-0.1, -0.05) is 41.9 Å². The molecule has 1 fully saturated rings. The van der Waals surface area contributed by atoms with E-state index in [-0.39, 0.29) is 0 Å². The Morgan fingerprint density at radius 2 is 2.10 bits per heavy atom. The first-order valence-electron chi connectivity index (χ1n) is 7.62. The molecule has 0 radical (unpaired) electrons. The molecule has 0 N–H and O–H groups in total. The molecular formula is C17H22BrNS. The van der Waals surface area contributed by atoms with Crippen LogP contribution in [0.15, 0.2) is 24.3 Å². The van der Waals surface area contributed by atoms with E-state index in [0.29, 0.717) is 4.83 Å². The lowest BCUT2D eigenvalue weighted by atomic mass is 9.75. The Kier molecular flexibility index (Phi) is 4.46. The Labute approximate surface area is 133 Å². The van der Waals surface area contributed by atoms with E-state index in [2.05, 4.69) is 54.0 Å². The molecule has 1 nitrogen and oxygen atoms in total. The molecule has 1 aromatic carbocycles. The molecule has 1 aliphatic carbocycles. The summed E-state index contributed by atoms with van der Waals surface area (Å²) in [7, 11) is 0. The van der Waals surface area contributed by atoms with E-state index in [1.54, 1.807) is 0 Å². The summed E-state index contributed by atoms with van der Waals surface area (Å²) in [6.45, 7) is 4.74. The number of hydrogen-bond acceptors (Lipinski definition) is 2. The van der Waals surface area contributed by atoms with Gasteiger partial charge < -0.3 is 0 Å².